The van der Waals surface area contributed by atoms with Crippen LogP contribution in [0.4, 0.5) is 11.4 Å². The SMILES string of the molecule is Cc1ccccc1NC(=O)/C(C#N)=C\c1ccc(OCC(=O)Nc2ccccc2Cl)c(Cl)c1. The van der Waals surface area contributed by atoms with Crippen molar-refractivity contribution >= 4 is 52.5 Å². The molecule has 0 aliphatic heterocycles. The highest BCUT2D eigenvalue weighted by atomic mass is 35.5. The lowest BCUT2D eigenvalue weighted by Crippen LogP contribution is -2.20. The van der Waals surface area contributed by atoms with Crippen molar-refractivity contribution in [1.29, 1.82) is 5.26 Å². The van der Waals surface area contributed by atoms with Crippen LogP contribution >= 0.6 is 23.2 Å². The first-order chi connectivity index (χ1) is 15.9. The van der Waals surface area contributed by atoms with E-state index in [1.54, 1.807) is 54.6 Å². The predicted molar refractivity (Wildman–Crippen MR) is 130 cm³/mol. The van der Waals surface area contributed by atoms with Gasteiger partial charge >= 0.3 is 0 Å². The van der Waals surface area contributed by atoms with E-state index in [1.807, 2.05) is 25.1 Å². The number of nitriles is 1. The first kappa shape index (κ1) is 23.9. The quantitative estimate of drug-likeness (QED) is 0.327. The summed E-state index contributed by atoms with van der Waals surface area (Å²) in [6, 6.07) is 20.8. The van der Waals surface area contributed by atoms with Gasteiger partial charge in [-0.25, -0.2) is 0 Å². The van der Waals surface area contributed by atoms with Crippen molar-refractivity contribution in [1.82, 2.24) is 0 Å². The second-order valence-electron chi connectivity index (χ2n) is 6.95. The molecule has 0 fully saturated rings. The number of carbonyl (C=O) groups excluding carboxylic acids is 2. The molecule has 3 aromatic carbocycles. The largest absolute Gasteiger partial charge is 0.482 e. The van der Waals surface area contributed by atoms with E-state index >= 15 is 0 Å². The lowest BCUT2D eigenvalue weighted by atomic mass is 10.1. The normalized spacial score (nSPS) is 10.8. The number of nitrogens with one attached hydrogen (secondary N) is 2. The van der Waals surface area contributed by atoms with Crippen molar-refractivity contribution in [3.63, 3.8) is 0 Å². The monoisotopic (exact) mass is 479 g/mol. The van der Waals surface area contributed by atoms with E-state index in [9.17, 15) is 14.9 Å². The molecule has 0 saturated carbocycles. The topological polar surface area (TPSA) is 91.2 Å². The van der Waals surface area contributed by atoms with Gasteiger partial charge in [0.25, 0.3) is 11.8 Å². The average molecular weight is 480 g/mol. The number of para-hydroxylation sites is 2. The molecule has 2 amide bonds. The minimum Gasteiger partial charge on any atom is -0.482 e. The number of anilines is 2. The molecule has 3 rings (SSSR count). The van der Waals surface area contributed by atoms with Crippen LogP contribution in [0.1, 0.15) is 11.1 Å². The van der Waals surface area contributed by atoms with E-state index in [0.717, 1.165) is 5.56 Å². The van der Waals surface area contributed by atoms with E-state index < -0.39 is 11.8 Å². The number of hydrogen-bond acceptors (Lipinski definition) is 4. The molecule has 0 heterocycles. The van der Waals surface area contributed by atoms with Crippen LogP contribution in [0, 0.1) is 18.3 Å². The molecule has 0 bridgehead atoms. The molecule has 2 N–H and O–H groups in total. The zero-order valence-corrected chi connectivity index (χ0v) is 19.1. The Morgan fingerprint density at radius 1 is 0.970 bits per heavy atom. The van der Waals surface area contributed by atoms with Gasteiger partial charge in [-0.2, -0.15) is 5.26 Å². The Bertz CT molecular complexity index is 1270. The number of nitrogens with zero attached hydrogens (tertiary/aromatic N) is 1. The Labute approximate surface area is 201 Å². The van der Waals surface area contributed by atoms with Gasteiger partial charge in [-0.15, -0.1) is 0 Å². The Morgan fingerprint density at radius 3 is 2.33 bits per heavy atom. The molecule has 6 nitrogen and oxygen atoms in total. The van der Waals surface area contributed by atoms with Gasteiger partial charge in [-0.05, 0) is 54.5 Å². The first-order valence-electron chi connectivity index (χ1n) is 9.83. The van der Waals surface area contributed by atoms with Crippen molar-refractivity contribution in [2.45, 2.75) is 6.92 Å². The van der Waals surface area contributed by atoms with Gasteiger partial charge in [0.15, 0.2) is 6.61 Å². The summed E-state index contributed by atoms with van der Waals surface area (Å²) in [5.74, 6) is -0.645. The number of carbonyl (C=O) groups is 2. The van der Waals surface area contributed by atoms with Crippen LogP contribution < -0.4 is 15.4 Å². The third-order valence-electron chi connectivity index (χ3n) is 4.53. The Morgan fingerprint density at radius 2 is 1.67 bits per heavy atom. The summed E-state index contributed by atoms with van der Waals surface area (Å²) in [4.78, 5) is 24.6. The van der Waals surface area contributed by atoms with E-state index in [1.165, 1.54) is 6.08 Å². The lowest BCUT2D eigenvalue weighted by molar-refractivity contribution is -0.118. The second kappa shape index (κ2) is 11.2. The summed E-state index contributed by atoms with van der Waals surface area (Å²) < 4.78 is 5.48. The first-order valence-corrected chi connectivity index (χ1v) is 10.6. The van der Waals surface area contributed by atoms with Crippen molar-refractivity contribution < 1.29 is 14.3 Å². The van der Waals surface area contributed by atoms with Crippen molar-refractivity contribution in [2.75, 3.05) is 17.2 Å². The minimum atomic E-state index is -0.528. The zero-order chi connectivity index (χ0) is 23.8. The number of benzene rings is 3. The standard InChI is InChI=1S/C25H19Cl2N3O3/c1-16-6-2-4-8-21(16)30-25(32)18(14-28)12-17-10-11-23(20(27)13-17)33-15-24(31)29-22-9-5-3-7-19(22)26/h2-13H,15H2,1H3,(H,29,31)(H,30,32)/b18-12-. The highest BCUT2D eigenvalue weighted by Gasteiger charge is 2.12. The molecule has 0 radical (unpaired) electrons. The van der Waals surface area contributed by atoms with Gasteiger partial charge in [0.1, 0.15) is 17.4 Å². The maximum Gasteiger partial charge on any atom is 0.266 e. The summed E-state index contributed by atoms with van der Waals surface area (Å²) in [6.45, 7) is 1.58. The van der Waals surface area contributed by atoms with Crippen molar-refractivity contribution in [2.24, 2.45) is 0 Å². The molecule has 8 heteroatoms. The van der Waals surface area contributed by atoms with E-state index in [-0.39, 0.29) is 23.0 Å². The number of rotatable bonds is 7. The van der Waals surface area contributed by atoms with Crippen LogP contribution in [0.5, 0.6) is 5.75 Å². The molecule has 0 aliphatic rings. The number of ether oxygens (including phenoxy) is 1. The fraction of sp³-hybridized carbons (Fsp3) is 0.0800. The fourth-order valence-electron chi connectivity index (χ4n) is 2.83. The Balaban J connectivity index is 1.65. The molecule has 0 atom stereocenters. The third-order valence-corrected chi connectivity index (χ3v) is 5.16. The van der Waals surface area contributed by atoms with E-state index in [0.29, 0.717) is 22.0 Å². The van der Waals surface area contributed by atoms with Gasteiger partial charge in [0, 0.05) is 5.69 Å². The molecule has 0 aliphatic carbocycles. The molecule has 0 aromatic heterocycles. The fourth-order valence-corrected chi connectivity index (χ4v) is 3.26. The number of aryl methyl sites for hydroxylation is 1. The number of halogens is 2. The van der Waals surface area contributed by atoms with Gasteiger partial charge in [0.05, 0.1) is 15.7 Å². The summed E-state index contributed by atoms with van der Waals surface area (Å²) in [6.07, 6.45) is 1.42. The zero-order valence-electron chi connectivity index (χ0n) is 17.6. The Kier molecular flexibility index (Phi) is 8.09. The van der Waals surface area contributed by atoms with Crippen LogP contribution in [0.25, 0.3) is 6.08 Å². The minimum absolute atomic E-state index is 0.0814. The van der Waals surface area contributed by atoms with Gasteiger partial charge < -0.3 is 15.4 Å². The summed E-state index contributed by atoms with van der Waals surface area (Å²) in [5.41, 5.74) is 2.44. The summed E-state index contributed by atoms with van der Waals surface area (Å²) in [5, 5.41) is 15.4. The second-order valence-corrected chi connectivity index (χ2v) is 7.76. The molecule has 0 spiro atoms. The van der Waals surface area contributed by atoms with Crippen LogP contribution in [0.2, 0.25) is 10.0 Å². The van der Waals surface area contributed by atoms with E-state index in [2.05, 4.69) is 10.6 Å². The molecule has 166 valence electrons. The van der Waals surface area contributed by atoms with Crippen LogP contribution in [-0.2, 0) is 9.59 Å². The van der Waals surface area contributed by atoms with Gasteiger partial charge in [0.2, 0.25) is 0 Å². The van der Waals surface area contributed by atoms with E-state index in [4.69, 9.17) is 27.9 Å². The average Bonchev–Trinajstić information content (AvgIpc) is 2.80. The molecule has 0 saturated heterocycles. The summed E-state index contributed by atoms with van der Waals surface area (Å²) >= 11 is 12.3. The molecule has 3 aromatic rings. The highest BCUT2D eigenvalue weighted by Crippen LogP contribution is 2.27. The Hall–Kier alpha value is -3.79. The van der Waals surface area contributed by atoms with Crippen molar-refractivity contribution in [3.05, 3.63) is 93.5 Å². The maximum atomic E-state index is 12.5. The van der Waals surface area contributed by atoms with Crippen LogP contribution in [0.3, 0.4) is 0 Å². The molecule has 33 heavy (non-hydrogen) atoms. The van der Waals surface area contributed by atoms with Gasteiger partial charge in [-0.3, -0.25) is 9.59 Å². The number of hydrogen-bond donors (Lipinski definition) is 2. The van der Waals surface area contributed by atoms with Gasteiger partial charge in [-0.1, -0.05) is 59.6 Å². The smallest absolute Gasteiger partial charge is 0.266 e. The van der Waals surface area contributed by atoms with Crippen molar-refractivity contribution in [3.8, 4) is 11.8 Å². The summed E-state index contributed by atoms with van der Waals surface area (Å²) in [7, 11) is 0. The molecular weight excluding hydrogens is 461 g/mol. The van der Waals surface area contributed by atoms with Crippen LogP contribution in [-0.4, -0.2) is 18.4 Å². The van der Waals surface area contributed by atoms with Crippen LogP contribution in [0.15, 0.2) is 72.3 Å². The number of amides is 2. The molecule has 0 unspecified atom stereocenters. The maximum absolute atomic E-state index is 12.5. The lowest BCUT2D eigenvalue weighted by Gasteiger charge is -2.10. The third kappa shape index (κ3) is 6.59. The molecular formula is C25H19Cl2N3O3. The highest BCUT2D eigenvalue weighted by molar-refractivity contribution is 6.33. The predicted octanol–water partition coefficient (Wildman–Crippen LogP) is 5.87.